The van der Waals surface area contributed by atoms with E-state index in [2.05, 4.69) is 6.58 Å². The second kappa shape index (κ2) is 5.80. The van der Waals surface area contributed by atoms with Crippen LogP contribution in [0.4, 0.5) is 10.5 Å². The van der Waals surface area contributed by atoms with Gasteiger partial charge in [0.25, 0.3) is 0 Å². The number of amides is 1. The maximum Gasteiger partial charge on any atom is 0.410 e. The van der Waals surface area contributed by atoms with Gasteiger partial charge in [-0.3, -0.25) is 0 Å². The Labute approximate surface area is 95.3 Å². The first-order valence-corrected chi connectivity index (χ1v) is 4.96. The van der Waals surface area contributed by atoms with Gasteiger partial charge < -0.3 is 15.4 Å². The van der Waals surface area contributed by atoms with Gasteiger partial charge in [-0.05, 0) is 17.7 Å². The fourth-order valence-electron chi connectivity index (χ4n) is 1.14. The Morgan fingerprint density at radius 3 is 2.69 bits per heavy atom. The van der Waals surface area contributed by atoms with Gasteiger partial charge in [-0.2, -0.15) is 0 Å². The lowest BCUT2D eigenvalue weighted by atomic mass is 10.2. The normalized spacial score (nSPS) is 9.56. The number of likely N-dealkylation sites (N-methyl/N-ethyl adjacent to an activating group) is 1. The number of nitrogens with two attached hydrogens (primary N) is 1. The van der Waals surface area contributed by atoms with E-state index in [9.17, 15) is 4.79 Å². The van der Waals surface area contributed by atoms with Crippen molar-refractivity contribution in [2.24, 2.45) is 0 Å². The van der Waals surface area contributed by atoms with Gasteiger partial charge in [-0.1, -0.05) is 18.2 Å². The molecule has 0 aromatic heterocycles. The molecule has 4 nitrogen and oxygen atoms in total. The quantitative estimate of drug-likeness (QED) is 0.624. The van der Waals surface area contributed by atoms with Crippen molar-refractivity contribution in [2.75, 3.05) is 19.3 Å². The van der Waals surface area contributed by atoms with Crippen molar-refractivity contribution >= 4 is 11.8 Å². The van der Waals surface area contributed by atoms with Crippen LogP contribution in [-0.2, 0) is 11.3 Å². The molecule has 0 bridgehead atoms. The summed E-state index contributed by atoms with van der Waals surface area (Å²) in [5.74, 6) is 0. The van der Waals surface area contributed by atoms with E-state index in [0.717, 1.165) is 5.56 Å². The van der Waals surface area contributed by atoms with Crippen LogP contribution in [0, 0.1) is 0 Å². The standard InChI is InChI=1S/C12H16N2O2/c1-3-8-14(2)12(15)16-9-10-4-6-11(13)7-5-10/h3-7H,1,8-9,13H2,2H3. The lowest BCUT2D eigenvalue weighted by Crippen LogP contribution is -2.27. The van der Waals surface area contributed by atoms with Crippen LogP contribution in [0.2, 0.25) is 0 Å². The molecule has 0 fully saturated rings. The van der Waals surface area contributed by atoms with Crippen LogP contribution in [0.15, 0.2) is 36.9 Å². The first-order valence-electron chi connectivity index (χ1n) is 4.96. The van der Waals surface area contributed by atoms with E-state index < -0.39 is 0 Å². The topological polar surface area (TPSA) is 55.6 Å². The molecule has 1 rings (SSSR count). The van der Waals surface area contributed by atoms with E-state index in [1.807, 2.05) is 12.1 Å². The van der Waals surface area contributed by atoms with Gasteiger partial charge in [0.05, 0.1) is 0 Å². The molecule has 0 saturated heterocycles. The first kappa shape index (κ1) is 12.1. The molecule has 0 spiro atoms. The van der Waals surface area contributed by atoms with Gasteiger partial charge in [-0.25, -0.2) is 4.79 Å². The minimum Gasteiger partial charge on any atom is -0.445 e. The van der Waals surface area contributed by atoms with Crippen molar-refractivity contribution in [3.05, 3.63) is 42.5 Å². The van der Waals surface area contributed by atoms with Crippen molar-refractivity contribution in [2.45, 2.75) is 6.61 Å². The number of benzene rings is 1. The minimum absolute atomic E-state index is 0.251. The summed E-state index contributed by atoms with van der Waals surface area (Å²) < 4.78 is 5.08. The second-order valence-electron chi connectivity index (χ2n) is 3.47. The third-order valence-corrected chi connectivity index (χ3v) is 2.06. The summed E-state index contributed by atoms with van der Waals surface area (Å²) in [4.78, 5) is 12.9. The second-order valence-corrected chi connectivity index (χ2v) is 3.47. The molecule has 0 aliphatic rings. The van der Waals surface area contributed by atoms with Gasteiger partial charge in [0, 0.05) is 19.3 Å². The van der Waals surface area contributed by atoms with Gasteiger partial charge in [0.1, 0.15) is 6.61 Å². The van der Waals surface area contributed by atoms with Crippen LogP contribution >= 0.6 is 0 Å². The number of hydrogen-bond donors (Lipinski definition) is 1. The maximum atomic E-state index is 11.4. The molecular formula is C12H16N2O2. The highest BCUT2D eigenvalue weighted by molar-refractivity contribution is 5.67. The van der Waals surface area contributed by atoms with Crippen LogP contribution in [0.5, 0.6) is 0 Å². The van der Waals surface area contributed by atoms with Crippen molar-refractivity contribution in [1.82, 2.24) is 4.90 Å². The Morgan fingerprint density at radius 2 is 2.12 bits per heavy atom. The molecule has 0 saturated carbocycles. The molecule has 1 amide bonds. The monoisotopic (exact) mass is 220 g/mol. The number of carbonyl (C=O) groups is 1. The van der Waals surface area contributed by atoms with E-state index >= 15 is 0 Å². The highest BCUT2D eigenvalue weighted by Crippen LogP contribution is 2.07. The van der Waals surface area contributed by atoms with Crippen LogP contribution in [0.1, 0.15) is 5.56 Å². The summed E-state index contributed by atoms with van der Waals surface area (Å²) in [7, 11) is 1.66. The molecular weight excluding hydrogens is 204 g/mol. The molecule has 16 heavy (non-hydrogen) atoms. The van der Waals surface area contributed by atoms with E-state index in [1.165, 1.54) is 4.90 Å². The summed E-state index contributed by atoms with van der Waals surface area (Å²) >= 11 is 0. The van der Waals surface area contributed by atoms with Crippen LogP contribution in [0.3, 0.4) is 0 Å². The molecule has 0 aliphatic heterocycles. The van der Waals surface area contributed by atoms with Gasteiger partial charge >= 0.3 is 6.09 Å². The fourth-order valence-corrected chi connectivity index (χ4v) is 1.14. The zero-order valence-corrected chi connectivity index (χ0v) is 9.35. The van der Waals surface area contributed by atoms with E-state index in [0.29, 0.717) is 12.2 Å². The molecule has 1 aromatic carbocycles. The van der Waals surface area contributed by atoms with Gasteiger partial charge in [0.15, 0.2) is 0 Å². The molecule has 0 aliphatic carbocycles. The number of carbonyl (C=O) groups excluding carboxylic acids is 1. The lowest BCUT2D eigenvalue weighted by molar-refractivity contribution is 0.108. The number of nitrogen functional groups attached to an aromatic ring is 1. The Hall–Kier alpha value is -1.97. The third kappa shape index (κ3) is 3.65. The first-order chi connectivity index (χ1) is 7.63. The number of nitrogens with zero attached hydrogens (tertiary/aromatic N) is 1. The zero-order valence-electron chi connectivity index (χ0n) is 9.35. The number of rotatable bonds is 4. The highest BCUT2D eigenvalue weighted by atomic mass is 16.6. The molecule has 0 radical (unpaired) electrons. The minimum atomic E-state index is -0.364. The Morgan fingerprint density at radius 1 is 1.50 bits per heavy atom. The summed E-state index contributed by atoms with van der Waals surface area (Å²) in [6.45, 7) is 4.27. The molecule has 0 heterocycles. The average Bonchev–Trinajstić information content (AvgIpc) is 2.28. The Kier molecular flexibility index (Phi) is 4.39. The highest BCUT2D eigenvalue weighted by Gasteiger charge is 2.07. The Balaban J connectivity index is 2.42. The van der Waals surface area contributed by atoms with Crippen LogP contribution in [-0.4, -0.2) is 24.6 Å². The number of hydrogen-bond acceptors (Lipinski definition) is 3. The summed E-state index contributed by atoms with van der Waals surface area (Å²) in [6.07, 6.45) is 1.28. The van der Waals surface area contributed by atoms with Crippen molar-refractivity contribution in [3.8, 4) is 0 Å². The molecule has 1 aromatic rings. The SMILES string of the molecule is C=CCN(C)C(=O)OCc1ccc(N)cc1. The van der Waals surface area contributed by atoms with E-state index in [4.69, 9.17) is 10.5 Å². The molecule has 86 valence electrons. The Bertz CT molecular complexity index is 360. The van der Waals surface area contributed by atoms with E-state index in [1.54, 1.807) is 25.3 Å². The van der Waals surface area contributed by atoms with E-state index in [-0.39, 0.29) is 12.7 Å². The van der Waals surface area contributed by atoms with Crippen molar-refractivity contribution < 1.29 is 9.53 Å². The fraction of sp³-hybridized carbons (Fsp3) is 0.250. The number of anilines is 1. The molecule has 2 N–H and O–H groups in total. The summed E-state index contributed by atoms with van der Waals surface area (Å²) in [6, 6.07) is 7.21. The predicted molar refractivity (Wildman–Crippen MR) is 63.9 cm³/mol. The maximum absolute atomic E-state index is 11.4. The van der Waals surface area contributed by atoms with Gasteiger partial charge in [0.2, 0.25) is 0 Å². The molecule has 0 atom stereocenters. The summed E-state index contributed by atoms with van der Waals surface area (Å²) in [5, 5.41) is 0. The molecule has 4 heteroatoms. The van der Waals surface area contributed by atoms with Crippen LogP contribution < -0.4 is 5.73 Å². The van der Waals surface area contributed by atoms with Crippen molar-refractivity contribution in [3.63, 3.8) is 0 Å². The lowest BCUT2D eigenvalue weighted by Gasteiger charge is -2.14. The zero-order chi connectivity index (χ0) is 12.0. The average molecular weight is 220 g/mol. The summed E-state index contributed by atoms with van der Waals surface area (Å²) in [5.41, 5.74) is 7.15. The number of ether oxygens (including phenoxy) is 1. The van der Waals surface area contributed by atoms with Gasteiger partial charge in [-0.15, -0.1) is 6.58 Å². The van der Waals surface area contributed by atoms with Crippen molar-refractivity contribution in [1.29, 1.82) is 0 Å². The largest absolute Gasteiger partial charge is 0.445 e. The smallest absolute Gasteiger partial charge is 0.410 e. The van der Waals surface area contributed by atoms with Crippen LogP contribution in [0.25, 0.3) is 0 Å². The predicted octanol–water partition coefficient (Wildman–Crippen LogP) is 2.02. The molecule has 0 unspecified atom stereocenters. The third-order valence-electron chi connectivity index (χ3n) is 2.06.